The number of carbonyl (C=O) groups excluding carboxylic acids is 3. The summed E-state index contributed by atoms with van der Waals surface area (Å²) in [6.45, 7) is 8.86. The lowest BCUT2D eigenvalue weighted by atomic mass is 9.70. The highest BCUT2D eigenvalue weighted by Crippen LogP contribution is 2.44. The second-order valence-corrected chi connectivity index (χ2v) is 9.88. The molecular formula is C25H29NO8. The lowest BCUT2D eigenvalue weighted by Crippen LogP contribution is -2.55. The molecular weight excluding hydrogens is 442 g/mol. The van der Waals surface area contributed by atoms with Gasteiger partial charge < -0.3 is 14.2 Å². The van der Waals surface area contributed by atoms with Crippen molar-refractivity contribution in [1.29, 1.82) is 0 Å². The fraction of sp³-hybridized carbons (Fsp3) is 0.480. The number of non-ortho nitro benzene ring substituents is 1. The van der Waals surface area contributed by atoms with Gasteiger partial charge in [0, 0.05) is 36.6 Å². The highest BCUT2D eigenvalue weighted by molar-refractivity contribution is 6.15. The van der Waals surface area contributed by atoms with Crippen LogP contribution in [-0.4, -0.2) is 40.5 Å². The molecule has 34 heavy (non-hydrogen) atoms. The Morgan fingerprint density at radius 3 is 2.62 bits per heavy atom. The summed E-state index contributed by atoms with van der Waals surface area (Å²) in [5.74, 6) is -1.53. The molecule has 0 aromatic heterocycles. The molecule has 3 atom stereocenters. The van der Waals surface area contributed by atoms with E-state index in [4.69, 9.17) is 14.2 Å². The second-order valence-electron chi connectivity index (χ2n) is 9.88. The molecule has 1 heterocycles. The quantitative estimate of drug-likeness (QED) is 0.199. The number of nitro groups is 1. The summed E-state index contributed by atoms with van der Waals surface area (Å²) in [5, 5.41) is 11.2. The molecule has 0 amide bonds. The first-order valence-corrected chi connectivity index (χ1v) is 11.1. The predicted molar refractivity (Wildman–Crippen MR) is 122 cm³/mol. The number of ether oxygens (including phenoxy) is 3. The normalized spacial score (nSPS) is 24.1. The molecule has 1 aliphatic heterocycles. The van der Waals surface area contributed by atoms with Gasteiger partial charge in [0.15, 0.2) is 11.2 Å². The monoisotopic (exact) mass is 471 g/mol. The van der Waals surface area contributed by atoms with Crippen molar-refractivity contribution in [2.75, 3.05) is 0 Å². The number of rotatable bonds is 6. The zero-order chi connectivity index (χ0) is 25.3. The van der Waals surface area contributed by atoms with E-state index in [0.717, 1.165) is 6.08 Å². The SMILES string of the molecule is CC(C)CC(=O)O[C@H]1C=C[C@]2(C(=O)OC(C)(C)C)C(=O)C=C(c3cccc([N+](=O)[O-])c3)O[C@@H]2C1. The lowest BCUT2D eigenvalue weighted by molar-refractivity contribution is -0.384. The van der Waals surface area contributed by atoms with Crippen LogP contribution in [0.15, 0.2) is 42.5 Å². The minimum atomic E-state index is -1.75. The summed E-state index contributed by atoms with van der Waals surface area (Å²) in [7, 11) is 0. The highest BCUT2D eigenvalue weighted by Gasteiger charge is 2.58. The van der Waals surface area contributed by atoms with Crippen LogP contribution in [0.5, 0.6) is 0 Å². The van der Waals surface area contributed by atoms with E-state index in [9.17, 15) is 24.5 Å². The van der Waals surface area contributed by atoms with Crippen LogP contribution in [0, 0.1) is 21.4 Å². The Morgan fingerprint density at radius 2 is 2.00 bits per heavy atom. The van der Waals surface area contributed by atoms with Gasteiger partial charge in [-0.25, -0.2) is 0 Å². The third-order valence-electron chi connectivity index (χ3n) is 5.40. The van der Waals surface area contributed by atoms with Crippen LogP contribution >= 0.6 is 0 Å². The van der Waals surface area contributed by atoms with Crippen molar-refractivity contribution < 1.29 is 33.5 Å². The minimum absolute atomic E-state index is 0.0393. The van der Waals surface area contributed by atoms with E-state index in [1.54, 1.807) is 26.8 Å². The van der Waals surface area contributed by atoms with Gasteiger partial charge in [0.2, 0.25) is 0 Å². The molecule has 1 aromatic carbocycles. The lowest BCUT2D eigenvalue weighted by Gasteiger charge is -2.42. The maximum Gasteiger partial charge on any atom is 0.328 e. The molecule has 9 heteroatoms. The van der Waals surface area contributed by atoms with E-state index < -0.39 is 45.9 Å². The van der Waals surface area contributed by atoms with Gasteiger partial charge in [-0.05, 0) is 32.8 Å². The van der Waals surface area contributed by atoms with Gasteiger partial charge in [0.05, 0.1) is 4.92 Å². The van der Waals surface area contributed by atoms with Gasteiger partial charge in [0.25, 0.3) is 5.69 Å². The maximum absolute atomic E-state index is 13.4. The van der Waals surface area contributed by atoms with E-state index in [1.807, 2.05) is 13.8 Å². The first-order valence-electron chi connectivity index (χ1n) is 11.1. The van der Waals surface area contributed by atoms with Gasteiger partial charge >= 0.3 is 11.9 Å². The van der Waals surface area contributed by atoms with Crippen LogP contribution in [0.4, 0.5) is 5.69 Å². The molecule has 0 saturated heterocycles. The van der Waals surface area contributed by atoms with Crippen LogP contribution in [0.25, 0.3) is 5.76 Å². The van der Waals surface area contributed by atoms with Crippen LogP contribution in [0.2, 0.25) is 0 Å². The van der Waals surface area contributed by atoms with Gasteiger partial charge in [-0.15, -0.1) is 0 Å². The van der Waals surface area contributed by atoms with Crippen molar-refractivity contribution in [2.45, 2.75) is 65.3 Å². The molecule has 0 fully saturated rings. The third kappa shape index (κ3) is 5.35. The van der Waals surface area contributed by atoms with Crippen molar-refractivity contribution in [2.24, 2.45) is 11.3 Å². The van der Waals surface area contributed by atoms with Crippen molar-refractivity contribution in [3.63, 3.8) is 0 Å². The smallest absolute Gasteiger partial charge is 0.328 e. The average Bonchev–Trinajstić information content (AvgIpc) is 2.71. The number of benzene rings is 1. The number of hydrogen-bond donors (Lipinski definition) is 0. The van der Waals surface area contributed by atoms with Crippen LogP contribution in [0.1, 0.15) is 53.0 Å². The topological polar surface area (TPSA) is 122 Å². The fourth-order valence-corrected chi connectivity index (χ4v) is 3.87. The number of fused-ring (bicyclic) bond motifs is 1. The number of allylic oxidation sites excluding steroid dienone is 1. The van der Waals surface area contributed by atoms with E-state index >= 15 is 0 Å². The summed E-state index contributed by atoms with van der Waals surface area (Å²) < 4.78 is 17.2. The number of nitrogens with zero attached hydrogens (tertiary/aromatic N) is 1. The van der Waals surface area contributed by atoms with E-state index in [0.29, 0.717) is 5.56 Å². The Hall–Kier alpha value is -3.49. The molecule has 9 nitrogen and oxygen atoms in total. The highest BCUT2D eigenvalue weighted by atomic mass is 16.6. The average molecular weight is 472 g/mol. The van der Waals surface area contributed by atoms with E-state index in [2.05, 4.69) is 0 Å². The van der Waals surface area contributed by atoms with E-state index in [1.165, 1.54) is 30.4 Å². The first-order chi connectivity index (χ1) is 15.8. The number of ketones is 1. The summed E-state index contributed by atoms with van der Waals surface area (Å²) in [6.07, 6.45) is 2.61. The Labute approximate surface area is 197 Å². The Bertz CT molecular complexity index is 1060. The number of nitro benzene ring substituents is 1. The number of carbonyl (C=O) groups is 3. The molecule has 0 radical (unpaired) electrons. The van der Waals surface area contributed by atoms with Crippen LogP contribution < -0.4 is 0 Å². The minimum Gasteiger partial charge on any atom is -0.487 e. The molecule has 0 spiro atoms. The van der Waals surface area contributed by atoms with Crippen molar-refractivity contribution in [3.8, 4) is 0 Å². The summed E-state index contributed by atoms with van der Waals surface area (Å²) in [5.41, 5.74) is -2.45. The molecule has 182 valence electrons. The zero-order valence-electron chi connectivity index (χ0n) is 19.9. The van der Waals surface area contributed by atoms with Crippen molar-refractivity contribution in [3.05, 3.63) is 58.2 Å². The largest absolute Gasteiger partial charge is 0.487 e. The molecule has 0 bridgehead atoms. The van der Waals surface area contributed by atoms with Gasteiger partial charge in [-0.1, -0.05) is 32.1 Å². The van der Waals surface area contributed by atoms with Crippen LogP contribution in [-0.2, 0) is 28.6 Å². The second kappa shape index (κ2) is 9.40. The maximum atomic E-state index is 13.4. The summed E-state index contributed by atoms with van der Waals surface area (Å²) in [4.78, 5) is 49.5. The molecule has 2 aliphatic rings. The third-order valence-corrected chi connectivity index (χ3v) is 5.40. The molecule has 1 aromatic rings. The fourth-order valence-electron chi connectivity index (χ4n) is 3.87. The molecule has 1 aliphatic carbocycles. The van der Waals surface area contributed by atoms with E-state index in [-0.39, 0.29) is 30.2 Å². The van der Waals surface area contributed by atoms with Crippen LogP contribution in [0.3, 0.4) is 0 Å². The standard InChI is InChI=1S/C25H29NO8/c1-15(2)11-22(28)32-18-9-10-25(23(29)34-24(3,4)5)20(27)14-19(33-21(25)13-18)16-7-6-8-17(12-16)26(30)31/h6-10,12,14-15,18,21H,11,13H2,1-5H3/t18-,21+,25-/m0/s1. The zero-order valence-corrected chi connectivity index (χ0v) is 19.9. The van der Waals surface area contributed by atoms with Gasteiger partial charge in [-0.2, -0.15) is 0 Å². The molecule has 0 saturated carbocycles. The van der Waals surface area contributed by atoms with Crippen molar-refractivity contribution >= 4 is 29.2 Å². The Morgan fingerprint density at radius 1 is 1.29 bits per heavy atom. The first kappa shape index (κ1) is 25.1. The summed E-state index contributed by atoms with van der Waals surface area (Å²) >= 11 is 0. The van der Waals surface area contributed by atoms with Gasteiger partial charge in [0.1, 0.15) is 23.6 Å². The Balaban J connectivity index is 1.99. The predicted octanol–water partition coefficient (Wildman–Crippen LogP) is 4.15. The Kier molecular flexibility index (Phi) is 6.95. The van der Waals surface area contributed by atoms with Crippen molar-refractivity contribution in [1.82, 2.24) is 0 Å². The molecule has 3 rings (SSSR count). The molecule has 0 unspecified atom stereocenters. The number of hydrogen-bond acceptors (Lipinski definition) is 8. The van der Waals surface area contributed by atoms with Gasteiger partial charge in [-0.3, -0.25) is 24.5 Å². The molecule has 0 N–H and O–H groups in total. The summed E-state index contributed by atoms with van der Waals surface area (Å²) in [6, 6.07) is 5.67. The number of esters is 2.